The summed E-state index contributed by atoms with van der Waals surface area (Å²) in [5, 5.41) is 3.66. The molecule has 0 amide bonds. The van der Waals surface area contributed by atoms with Crippen LogP contribution in [0.15, 0.2) is 60.9 Å². The molecule has 1 saturated carbocycles. The van der Waals surface area contributed by atoms with Gasteiger partial charge in [-0.1, -0.05) is 12.1 Å². The minimum Gasteiger partial charge on any atom is -0.481 e. The number of rotatable bonds is 8. The molecule has 3 aromatic rings. The maximum atomic E-state index is 5.15. The number of methoxy groups -OCH3 is 1. The van der Waals surface area contributed by atoms with Crippen LogP contribution in [0.1, 0.15) is 24.0 Å². The summed E-state index contributed by atoms with van der Waals surface area (Å²) >= 11 is 0. The van der Waals surface area contributed by atoms with Crippen molar-refractivity contribution >= 4 is 5.69 Å². The summed E-state index contributed by atoms with van der Waals surface area (Å²) < 4.78 is 5.15. The van der Waals surface area contributed by atoms with Crippen molar-refractivity contribution in [2.24, 2.45) is 0 Å². The van der Waals surface area contributed by atoms with Gasteiger partial charge in [-0.3, -0.25) is 4.98 Å². The first-order valence-electron chi connectivity index (χ1n) is 10.0. The van der Waals surface area contributed by atoms with Gasteiger partial charge in [0.15, 0.2) is 0 Å². The Bertz CT molecular complexity index is 947. The maximum Gasteiger partial charge on any atom is 0.212 e. The molecule has 0 aliphatic heterocycles. The number of nitrogens with one attached hydrogen (secondary N) is 1. The SMILES string of the molecule is COc1ccc(-c2cc(C3(CNCc4ccc(N(C)C)cc4)CC3)ccn2)cn1. The Morgan fingerprint density at radius 2 is 1.83 bits per heavy atom. The molecule has 0 atom stereocenters. The quantitative estimate of drug-likeness (QED) is 0.631. The van der Waals surface area contributed by atoms with Crippen molar-refractivity contribution < 1.29 is 4.74 Å². The lowest BCUT2D eigenvalue weighted by Crippen LogP contribution is -2.26. The largest absolute Gasteiger partial charge is 0.481 e. The first-order valence-corrected chi connectivity index (χ1v) is 10.0. The third kappa shape index (κ3) is 4.40. The number of ether oxygens (including phenoxy) is 1. The van der Waals surface area contributed by atoms with Crippen LogP contribution in [0.4, 0.5) is 5.69 Å². The van der Waals surface area contributed by atoms with E-state index in [9.17, 15) is 0 Å². The molecule has 29 heavy (non-hydrogen) atoms. The molecule has 2 heterocycles. The van der Waals surface area contributed by atoms with E-state index in [-0.39, 0.29) is 5.41 Å². The topological polar surface area (TPSA) is 50.3 Å². The van der Waals surface area contributed by atoms with Crippen LogP contribution in [0, 0.1) is 0 Å². The van der Waals surface area contributed by atoms with E-state index in [2.05, 4.69) is 70.7 Å². The molecule has 150 valence electrons. The van der Waals surface area contributed by atoms with Crippen molar-refractivity contribution in [3.05, 3.63) is 72.1 Å². The zero-order valence-corrected chi connectivity index (χ0v) is 17.4. The molecule has 1 aliphatic rings. The maximum absolute atomic E-state index is 5.15. The van der Waals surface area contributed by atoms with Crippen molar-refractivity contribution in [1.29, 1.82) is 0 Å². The summed E-state index contributed by atoms with van der Waals surface area (Å²) in [6.07, 6.45) is 6.16. The molecule has 1 fully saturated rings. The highest BCUT2D eigenvalue weighted by Gasteiger charge is 2.43. The predicted octanol–water partition coefficient (Wildman–Crippen LogP) is 4.04. The van der Waals surface area contributed by atoms with Gasteiger partial charge in [0.05, 0.1) is 12.8 Å². The molecule has 0 saturated heterocycles. The van der Waals surface area contributed by atoms with Crippen molar-refractivity contribution in [2.75, 3.05) is 32.6 Å². The number of pyridine rings is 2. The highest BCUT2D eigenvalue weighted by molar-refractivity contribution is 5.60. The molecule has 4 rings (SSSR count). The molecule has 0 unspecified atom stereocenters. The second kappa shape index (κ2) is 8.21. The molecule has 1 aromatic carbocycles. The van der Waals surface area contributed by atoms with E-state index >= 15 is 0 Å². The summed E-state index contributed by atoms with van der Waals surface area (Å²) in [6, 6.07) is 17.0. The molecule has 5 heteroatoms. The highest BCUT2D eigenvalue weighted by Crippen LogP contribution is 2.48. The van der Waals surface area contributed by atoms with Crippen LogP contribution >= 0.6 is 0 Å². The number of hydrogen-bond donors (Lipinski definition) is 1. The van der Waals surface area contributed by atoms with E-state index in [4.69, 9.17) is 4.74 Å². The van der Waals surface area contributed by atoms with Crippen molar-refractivity contribution in [3.8, 4) is 17.1 Å². The molecular weight excluding hydrogens is 360 g/mol. The minimum atomic E-state index is 0.223. The highest BCUT2D eigenvalue weighted by atomic mass is 16.5. The van der Waals surface area contributed by atoms with E-state index in [1.807, 2.05) is 24.5 Å². The van der Waals surface area contributed by atoms with Crippen LogP contribution in [0.5, 0.6) is 5.88 Å². The Balaban J connectivity index is 1.41. The van der Waals surface area contributed by atoms with Crippen LogP contribution in [-0.4, -0.2) is 37.7 Å². The van der Waals surface area contributed by atoms with Gasteiger partial charge < -0.3 is 15.0 Å². The van der Waals surface area contributed by atoms with E-state index in [1.165, 1.54) is 29.7 Å². The fourth-order valence-electron chi connectivity index (χ4n) is 3.65. The van der Waals surface area contributed by atoms with Gasteiger partial charge in [-0.2, -0.15) is 0 Å². The molecule has 1 N–H and O–H groups in total. The molecule has 0 bridgehead atoms. The molecule has 1 aliphatic carbocycles. The van der Waals surface area contributed by atoms with Crippen molar-refractivity contribution in [1.82, 2.24) is 15.3 Å². The van der Waals surface area contributed by atoms with Crippen LogP contribution < -0.4 is 15.0 Å². The lowest BCUT2D eigenvalue weighted by molar-refractivity contribution is 0.398. The van der Waals surface area contributed by atoms with Gasteiger partial charge in [0.2, 0.25) is 5.88 Å². The molecule has 0 radical (unpaired) electrons. The summed E-state index contributed by atoms with van der Waals surface area (Å²) in [7, 11) is 5.76. The van der Waals surface area contributed by atoms with Crippen LogP contribution in [0.2, 0.25) is 0 Å². The van der Waals surface area contributed by atoms with Crippen LogP contribution in [-0.2, 0) is 12.0 Å². The number of nitrogens with zero attached hydrogens (tertiary/aromatic N) is 3. The molecule has 5 nitrogen and oxygen atoms in total. The minimum absolute atomic E-state index is 0.223. The third-order valence-corrected chi connectivity index (χ3v) is 5.71. The summed E-state index contributed by atoms with van der Waals surface area (Å²) in [6.45, 7) is 1.86. The summed E-state index contributed by atoms with van der Waals surface area (Å²) in [4.78, 5) is 11.0. The Morgan fingerprint density at radius 3 is 2.45 bits per heavy atom. The third-order valence-electron chi connectivity index (χ3n) is 5.71. The summed E-state index contributed by atoms with van der Waals surface area (Å²) in [5.41, 5.74) is 6.09. The number of benzene rings is 1. The van der Waals surface area contributed by atoms with E-state index in [0.717, 1.165) is 24.3 Å². The molecular formula is C24H28N4O. The Morgan fingerprint density at radius 1 is 1.03 bits per heavy atom. The zero-order chi connectivity index (χ0) is 20.3. The van der Waals surface area contributed by atoms with E-state index in [0.29, 0.717) is 5.88 Å². The van der Waals surface area contributed by atoms with Gasteiger partial charge in [-0.05, 0) is 54.3 Å². The van der Waals surface area contributed by atoms with Gasteiger partial charge in [-0.25, -0.2) is 4.98 Å². The van der Waals surface area contributed by atoms with Gasteiger partial charge in [0.1, 0.15) is 0 Å². The van der Waals surface area contributed by atoms with Crippen LogP contribution in [0.3, 0.4) is 0 Å². The van der Waals surface area contributed by atoms with E-state index < -0.39 is 0 Å². The van der Waals surface area contributed by atoms with Crippen molar-refractivity contribution in [2.45, 2.75) is 24.8 Å². The number of anilines is 1. The lowest BCUT2D eigenvalue weighted by atomic mass is 9.95. The zero-order valence-electron chi connectivity index (χ0n) is 17.4. The first-order chi connectivity index (χ1) is 14.1. The first kappa shape index (κ1) is 19.4. The number of aromatic nitrogens is 2. The smallest absolute Gasteiger partial charge is 0.212 e. The average molecular weight is 389 g/mol. The fraction of sp³-hybridized carbons (Fsp3) is 0.333. The van der Waals surface area contributed by atoms with Gasteiger partial charge >= 0.3 is 0 Å². The second-order valence-corrected chi connectivity index (χ2v) is 7.96. The van der Waals surface area contributed by atoms with E-state index in [1.54, 1.807) is 7.11 Å². The monoisotopic (exact) mass is 388 g/mol. The average Bonchev–Trinajstić information content (AvgIpc) is 3.55. The van der Waals surface area contributed by atoms with Crippen LogP contribution in [0.25, 0.3) is 11.3 Å². The Kier molecular flexibility index (Phi) is 5.49. The number of hydrogen-bond acceptors (Lipinski definition) is 5. The predicted molar refractivity (Wildman–Crippen MR) is 117 cm³/mol. The van der Waals surface area contributed by atoms with Gasteiger partial charge in [-0.15, -0.1) is 0 Å². The van der Waals surface area contributed by atoms with Gasteiger partial charge in [0.25, 0.3) is 0 Å². The fourth-order valence-corrected chi connectivity index (χ4v) is 3.65. The van der Waals surface area contributed by atoms with Gasteiger partial charge in [0, 0.05) is 62.3 Å². The lowest BCUT2D eigenvalue weighted by Gasteiger charge is -2.18. The normalized spacial score (nSPS) is 14.4. The Labute approximate surface area is 172 Å². The van der Waals surface area contributed by atoms with Crippen molar-refractivity contribution in [3.63, 3.8) is 0 Å². The summed E-state index contributed by atoms with van der Waals surface area (Å²) in [5.74, 6) is 0.617. The molecule has 2 aromatic heterocycles. The second-order valence-electron chi connectivity index (χ2n) is 7.96. The molecule has 0 spiro atoms. The Hall–Kier alpha value is -2.92. The standard InChI is InChI=1S/C24H28N4O/c1-28(2)21-7-4-18(5-8-21)15-25-17-24(11-12-24)20-10-13-26-22(14-20)19-6-9-23(29-3)27-16-19/h4-10,13-14,16,25H,11-12,15,17H2,1-3H3.